The third-order valence-corrected chi connectivity index (χ3v) is 4.75. The van der Waals surface area contributed by atoms with E-state index in [4.69, 9.17) is 0 Å². The van der Waals surface area contributed by atoms with Gasteiger partial charge in [0.15, 0.2) is 10.3 Å². The van der Waals surface area contributed by atoms with Crippen LogP contribution in [0.5, 0.6) is 0 Å². The summed E-state index contributed by atoms with van der Waals surface area (Å²) in [7, 11) is -4.50. The number of hydrogen-bond donors (Lipinski definition) is 1. The Bertz CT molecular complexity index is 566. The van der Waals surface area contributed by atoms with Crippen molar-refractivity contribution < 1.29 is 42.5 Å². The third kappa shape index (κ3) is 5.13. The molecule has 0 bridgehead atoms. The Hall–Kier alpha value is -0.270. The largest absolute Gasteiger partial charge is 1.00 e. The number of unbranched alkanes of at least 4 members (excludes halogenated alkanes) is 5. The van der Waals surface area contributed by atoms with E-state index in [1.165, 1.54) is 19.3 Å². The molecule has 1 heterocycles. The Balaban J connectivity index is 0.00000242. The fourth-order valence-corrected chi connectivity index (χ4v) is 3.65. The van der Waals surface area contributed by atoms with Crippen LogP contribution in [0, 0.1) is 0 Å². The molecule has 5 nitrogen and oxygen atoms in total. The summed E-state index contributed by atoms with van der Waals surface area (Å²) < 4.78 is 35.5. The number of benzene rings is 1. The molecule has 7 heteroatoms. The molecule has 2 rings (SSSR count). The maximum absolute atomic E-state index is 11.5. The number of fused-ring (bicyclic) bond motifs is 1. The molecule has 1 N–H and O–H groups in total. The van der Waals surface area contributed by atoms with Gasteiger partial charge in [-0.25, -0.2) is 8.42 Å². The van der Waals surface area contributed by atoms with Crippen molar-refractivity contribution in [2.24, 2.45) is 0 Å². The third-order valence-electron chi connectivity index (χ3n) is 3.82. The predicted molar refractivity (Wildman–Crippen MR) is 84.0 cm³/mol. The molecule has 1 atom stereocenters. The molecule has 0 saturated heterocycles. The average molecular weight is 334 g/mol. The van der Waals surface area contributed by atoms with E-state index in [9.17, 15) is 13.0 Å². The van der Waals surface area contributed by atoms with E-state index in [1.807, 2.05) is 6.07 Å². The van der Waals surface area contributed by atoms with Crippen LogP contribution in [-0.4, -0.2) is 19.1 Å². The first kappa shape index (κ1) is 19.8. The molecule has 0 amide bonds. The van der Waals surface area contributed by atoms with Crippen molar-refractivity contribution >= 4 is 21.7 Å². The van der Waals surface area contributed by atoms with Crippen molar-refractivity contribution in [3.05, 3.63) is 24.3 Å². The van der Waals surface area contributed by atoms with Gasteiger partial charge in [0.05, 0.1) is 11.4 Å². The smallest absolute Gasteiger partial charge is 0.731 e. The van der Waals surface area contributed by atoms with Crippen LogP contribution in [0.15, 0.2) is 24.3 Å². The predicted octanol–water partition coefficient (Wildman–Crippen LogP) is 0.459. The molecule has 0 fully saturated rings. The summed E-state index contributed by atoms with van der Waals surface area (Å²) in [6, 6.07) is 7.04. The minimum Gasteiger partial charge on any atom is -0.731 e. The van der Waals surface area contributed by atoms with Gasteiger partial charge in [-0.2, -0.15) is 0 Å². The van der Waals surface area contributed by atoms with Crippen molar-refractivity contribution in [3.8, 4) is 0 Å². The molecule has 1 aliphatic rings. The summed E-state index contributed by atoms with van der Waals surface area (Å²) in [5.41, 5.74) is 1.18. The van der Waals surface area contributed by atoms with Gasteiger partial charge in [-0.05, 0) is 25.0 Å². The van der Waals surface area contributed by atoms with Crippen LogP contribution in [0.4, 0.5) is 11.4 Å². The molecule has 1 unspecified atom stereocenters. The molecule has 22 heavy (non-hydrogen) atoms. The SMILES string of the molecule is CCCCCCCCC1Nc2ccccc2N1S(=O)(=O)[O-].[Na+]. The number of anilines is 2. The molecular formula is C15H23N2NaO3S. The number of rotatable bonds is 8. The summed E-state index contributed by atoms with van der Waals surface area (Å²) >= 11 is 0. The van der Waals surface area contributed by atoms with Crippen molar-refractivity contribution in [2.45, 2.75) is 58.0 Å². The number of nitrogens with one attached hydrogen (secondary N) is 1. The second kappa shape index (κ2) is 9.13. The minimum absolute atomic E-state index is 0. The van der Waals surface area contributed by atoms with Gasteiger partial charge >= 0.3 is 29.6 Å². The van der Waals surface area contributed by atoms with Crippen LogP contribution in [0.2, 0.25) is 0 Å². The standard InChI is InChI=1S/C15H24N2O3S.Na/c1-2-3-4-5-6-7-12-15-16-13-10-8-9-11-14(13)17(15)21(18,19)20;/h8-11,15-16H,2-7,12H2,1H3,(H,18,19,20);/q;+1/p-1. The van der Waals surface area contributed by atoms with Crippen LogP contribution in [0.1, 0.15) is 51.9 Å². The molecule has 0 saturated carbocycles. The van der Waals surface area contributed by atoms with E-state index in [0.717, 1.165) is 23.6 Å². The molecular weight excluding hydrogens is 311 g/mol. The van der Waals surface area contributed by atoms with E-state index in [-0.39, 0.29) is 29.6 Å². The van der Waals surface area contributed by atoms with E-state index in [1.54, 1.807) is 18.2 Å². The molecule has 1 aromatic carbocycles. The number of para-hydroxylation sites is 2. The minimum atomic E-state index is -4.50. The van der Waals surface area contributed by atoms with Gasteiger partial charge in [-0.3, -0.25) is 4.31 Å². The van der Waals surface area contributed by atoms with Crippen molar-refractivity contribution in [1.29, 1.82) is 0 Å². The Morgan fingerprint density at radius 2 is 1.77 bits per heavy atom. The molecule has 0 spiro atoms. The fourth-order valence-electron chi connectivity index (χ4n) is 2.78. The normalized spacial score (nSPS) is 16.8. The topological polar surface area (TPSA) is 72.5 Å². The number of nitrogens with zero attached hydrogens (tertiary/aromatic N) is 1. The van der Waals surface area contributed by atoms with Crippen LogP contribution in [0.25, 0.3) is 0 Å². The van der Waals surface area contributed by atoms with Crippen molar-refractivity contribution in [3.63, 3.8) is 0 Å². The van der Waals surface area contributed by atoms with Crippen molar-refractivity contribution in [2.75, 3.05) is 9.62 Å². The zero-order valence-corrected chi connectivity index (χ0v) is 16.2. The van der Waals surface area contributed by atoms with E-state index >= 15 is 0 Å². The maximum Gasteiger partial charge on any atom is 1.00 e. The van der Waals surface area contributed by atoms with Gasteiger partial charge in [0.1, 0.15) is 6.17 Å². The monoisotopic (exact) mass is 334 g/mol. The summed E-state index contributed by atoms with van der Waals surface area (Å²) in [5, 5.41) is 3.14. The first-order valence-corrected chi connectivity index (χ1v) is 9.01. The summed E-state index contributed by atoms with van der Waals surface area (Å²) in [6.07, 6.45) is 7.03. The Kier molecular flexibility index (Phi) is 8.21. The molecule has 1 aliphatic heterocycles. The van der Waals surface area contributed by atoms with Crippen LogP contribution < -0.4 is 39.2 Å². The molecule has 0 aliphatic carbocycles. The maximum atomic E-state index is 11.5. The molecule has 0 radical (unpaired) electrons. The Labute approximate surface area is 155 Å². The number of hydrogen-bond acceptors (Lipinski definition) is 4. The van der Waals surface area contributed by atoms with Gasteiger partial charge in [-0.15, -0.1) is 0 Å². The second-order valence-corrected chi connectivity index (χ2v) is 6.74. The van der Waals surface area contributed by atoms with Gasteiger partial charge in [0.2, 0.25) is 0 Å². The molecule has 118 valence electrons. The van der Waals surface area contributed by atoms with Gasteiger partial charge in [-0.1, -0.05) is 51.2 Å². The molecule has 0 aromatic heterocycles. The average Bonchev–Trinajstić information content (AvgIpc) is 2.80. The van der Waals surface area contributed by atoms with E-state index in [2.05, 4.69) is 12.2 Å². The van der Waals surface area contributed by atoms with E-state index in [0.29, 0.717) is 17.8 Å². The Morgan fingerprint density at radius 3 is 2.45 bits per heavy atom. The summed E-state index contributed by atoms with van der Waals surface area (Å²) in [4.78, 5) is 0. The second-order valence-electron chi connectivity index (χ2n) is 5.49. The van der Waals surface area contributed by atoms with E-state index < -0.39 is 16.5 Å². The van der Waals surface area contributed by atoms with Crippen LogP contribution >= 0.6 is 0 Å². The first-order chi connectivity index (χ1) is 10.0. The van der Waals surface area contributed by atoms with Gasteiger partial charge in [0, 0.05) is 0 Å². The molecule has 1 aromatic rings. The van der Waals surface area contributed by atoms with Crippen molar-refractivity contribution in [1.82, 2.24) is 0 Å². The van der Waals surface area contributed by atoms with Gasteiger partial charge < -0.3 is 9.87 Å². The quantitative estimate of drug-likeness (QED) is 0.426. The Morgan fingerprint density at radius 1 is 1.14 bits per heavy atom. The fraction of sp³-hybridized carbons (Fsp3) is 0.600. The van der Waals surface area contributed by atoms with Crippen LogP contribution in [0.3, 0.4) is 0 Å². The van der Waals surface area contributed by atoms with Gasteiger partial charge in [0.25, 0.3) is 0 Å². The zero-order chi connectivity index (χ0) is 15.3. The first-order valence-electron chi connectivity index (χ1n) is 7.65. The zero-order valence-electron chi connectivity index (χ0n) is 13.4. The summed E-state index contributed by atoms with van der Waals surface area (Å²) in [6.45, 7) is 2.18. The van der Waals surface area contributed by atoms with Crippen LogP contribution in [-0.2, 0) is 10.3 Å². The summed E-state index contributed by atoms with van der Waals surface area (Å²) in [5.74, 6) is 0.